The summed E-state index contributed by atoms with van der Waals surface area (Å²) in [5.74, 6) is 0.0649. The summed E-state index contributed by atoms with van der Waals surface area (Å²) in [6.07, 6.45) is 20.8. The highest BCUT2D eigenvalue weighted by Crippen LogP contribution is 2.38. The van der Waals surface area contributed by atoms with Crippen molar-refractivity contribution >= 4 is 25.6 Å². The van der Waals surface area contributed by atoms with Crippen molar-refractivity contribution in [2.45, 2.75) is 128 Å². The second-order valence-electron chi connectivity index (χ2n) is 15.2. The molecule has 0 aliphatic carbocycles. The zero-order valence-electron chi connectivity index (χ0n) is 33.9. The number of hydrogen-bond donors (Lipinski definition) is 1. The molecule has 316 valence electrons. The molecule has 1 unspecified atom stereocenters. The van der Waals surface area contributed by atoms with Crippen LogP contribution in [0.3, 0.4) is 0 Å². The number of unbranched alkanes of at least 4 members (excludes halogenated alkanes) is 16. The number of phosphoric acid groups is 1. The second kappa shape index (κ2) is 28.8. The quantitative estimate of drug-likeness (QED) is 0.0138. The first-order valence-electron chi connectivity index (χ1n) is 20.4. The number of ether oxygens (including phenoxy) is 2. The van der Waals surface area contributed by atoms with Gasteiger partial charge in [-0.15, -0.1) is 10.1 Å². The van der Waals surface area contributed by atoms with Crippen molar-refractivity contribution in [1.82, 2.24) is 0 Å². The fraction of sp³-hybridized carbons (Fsp3) is 0.659. The Morgan fingerprint density at radius 3 is 1.68 bits per heavy atom. The largest absolute Gasteiger partial charge is 0.756 e. The summed E-state index contributed by atoms with van der Waals surface area (Å²) in [7, 11) is 1.77. The van der Waals surface area contributed by atoms with Gasteiger partial charge in [0.05, 0.1) is 34.4 Å². The molecule has 0 saturated heterocycles. The number of anilines is 1. The predicted molar refractivity (Wildman–Crippen MR) is 215 cm³/mol. The van der Waals surface area contributed by atoms with Gasteiger partial charge in [-0.2, -0.15) is 0 Å². The van der Waals surface area contributed by atoms with Crippen LogP contribution in [0, 0.1) is 10.1 Å². The molecule has 2 aromatic carbocycles. The van der Waals surface area contributed by atoms with Gasteiger partial charge in [0.1, 0.15) is 24.7 Å². The summed E-state index contributed by atoms with van der Waals surface area (Å²) in [5, 5.41) is 12.3. The van der Waals surface area contributed by atoms with Crippen LogP contribution in [0.5, 0.6) is 11.5 Å². The second-order valence-corrected chi connectivity index (χ2v) is 16.6. The van der Waals surface area contributed by atoms with Gasteiger partial charge >= 0.3 is 6.16 Å². The highest BCUT2D eigenvalue weighted by Gasteiger charge is 2.13. The Hall–Kier alpha value is -3.55. The fourth-order valence-corrected chi connectivity index (χ4v) is 6.58. The molecule has 0 saturated carbocycles. The van der Waals surface area contributed by atoms with E-state index >= 15 is 0 Å². The lowest BCUT2D eigenvalue weighted by molar-refractivity contribution is -0.870. The van der Waals surface area contributed by atoms with Crippen molar-refractivity contribution < 1.29 is 52.0 Å². The lowest BCUT2D eigenvalue weighted by Crippen LogP contribution is -2.37. The van der Waals surface area contributed by atoms with E-state index in [2.05, 4.69) is 22.3 Å². The van der Waals surface area contributed by atoms with Crippen LogP contribution >= 0.6 is 7.82 Å². The molecule has 0 aliphatic rings. The van der Waals surface area contributed by atoms with Gasteiger partial charge in [0.25, 0.3) is 12.9 Å². The van der Waals surface area contributed by atoms with Crippen molar-refractivity contribution in [3.63, 3.8) is 0 Å². The summed E-state index contributed by atoms with van der Waals surface area (Å²) < 4.78 is 32.4. The first-order valence-corrected chi connectivity index (χ1v) is 21.8. The zero-order valence-corrected chi connectivity index (χ0v) is 34.8. The van der Waals surface area contributed by atoms with Crippen molar-refractivity contribution in [3.8, 4) is 11.5 Å². The van der Waals surface area contributed by atoms with Crippen LogP contribution in [-0.4, -0.2) is 69.1 Å². The van der Waals surface area contributed by atoms with Crippen molar-refractivity contribution in [1.29, 1.82) is 0 Å². The van der Waals surface area contributed by atoms with E-state index in [4.69, 9.17) is 18.5 Å². The molecule has 1 N–H and O–H groups in total. The van der Waals surface area contributed by atoms with Gasteiger partial charge in [-0.05, 0) is 74.1 Å². The minimum atomic E-state index is -4.18. The maximum Gasteiger partial charge on any atom is 0.513 e. The Morgan fingerprint density at radius 2 is 1.14 bits per heavy atom. The Labute approximate surface area is 333 Å². The van der Waals surface area contributed by atoms with E-state index in [0.29, 0.717) is 30.3 Å². The molecule has 0 radical (unpaired) electrons. The molecule has 0 fully saturated rings. The van der Waals surface area contributed by atoms with Crippen LogP contribution in [0.15, 0.2) is 48.5 Å². The number of benzene rings is 2. The minimum Gasteiger partial charge on any atom is -0.756 e. The molecule has 0 aliphatic heterocycles. The molecule has 1 atom stereocenters. The predicted octanol–water partition coefficient (Wildman–Crippen LogP) is 9.57. The number of nitrogens with zero attached hydrogens (tertiary/aromatic N) is 2. The molecule has 15 heteroatoms. The van der Waals surface area contributed by atoms with Crippen LogP contribution in [0.2, 0.25) is 0 Å². The van der Waals surface area contributed by atoms with Crippen LogP contribution in [0.25, 0.3) is 0 Å². The third-order valence-electron chi connectivity index (χ3n) is 9.08. The van der Waals surface area contributed by atoms with E-state index < -0.39 is 19.1 Å². The topological polar surface area (TPSA) is 176 Å². The van der Waals surface area contributed by atoms with E-state index in [0.717, 1.165) is 37.8 Å². The maximum atomic E-state index is 12.3. The zero-order chi connectivity index (χ0) is 40.9. The number of rotatable bonds is 33. The number of aryl methyl sites for hydroxylation is 1. The molecule has 1 amide bonds. The van der Waals surface area contributed by atoms with Gasteiger partial charge in [0, 0.05) is 12.1 Å². The van der Waals surface area contributed by atoms with Crippen LogP contribution in [0.4, 0.5) is 10.5 Å². The van der Waals surface area contributed by atoms with Gasteiger partial charge in [-0.3, -0.25) is 14.2 Å². The number of phosphoric ester groups is 1. The molecular weight excluding hydrogens is 741 g/mol. The van der Waals surface area contributed by atoms with Crippen LogP contribution < -0.4 is 19.8 Å². The molecule has 56 heavy (non-hydrogen) atoms. The van der Waals surface area contributed by atoms with Crippen molar-refractivity contribution in [3.05, 3.63) is 64.2 Å². The monoisotopic (exact) mass is 807 g/mol. The number of nitrogens with one attached hydrogen (secondary N) is 1. The Bertz CT molecular complexity index is 1420. The summed E-state index contributed by atoms with van der Waals surface area (Å²) >= 11 is 0. The van der Waals surface area contributed by atoms with Gasteiger partial charge < -0.3 is 33.2 Å². The average Bonchev–Trinajstić information content (AvgIpc) is 3.13. The fourth-order valence-electron chi connectivity index (χ4n) is 5.85. The summed E-state index contributed by atoms with van der Waals surface area (Å²) in [6, 6.07) is 13.3. The highest BCUT2D eigenvalue weighted by atomic mass is 31.2. The molecule has 0 heterocycles. The summed E-state index contributed by atoms with van der Waals surface area (Å²) in [4.78, 5) is 50.6. The van der Waals surface area contributed by atoms with Crippen LogP contribution in [-0.2, 0) is 29.6 Å². The normalized spacial score (nSPS) is 12.5. The van der Waals surface area contributed by atoms with Crippen LogP contribution in [0.1, 0.15) is 128 Å². The first kappa shape index (κ1) is 48.6. The SMILES string of the molecule is C[N+](C)(C)CCOP(=O)([O-])OCCCCCCCCCCCCCCCCCCc1ccc(NC(=O)CCCCOC(=O)Oc2ccc(O[N+](=O)[O-])cc2)cc1. The lowest BCUT2D eigenvalue weighted by Gasteiger charge is -2.27. The Morgan fingerprint density at radius 1 is 0.661 bits per heavy atom. The number of quaternary nitrogens is 1. The lowest BCUT2D eigenvalue weighted by atomic mass is 10.0. The molecule has 0 aromatic heterocycles. The van der Waals surface area contributed by atoms with E-state index in [1.165, 1.54) is 107 Å². The Kier molecular flexibility index (Phi) is 25.0. The van der Waals surface area contributed by atoms with Gasteiger partial charge in [0.2, 0.25) is 5.91 Å². The standard InChI is InChI=1S/C41H66N3O11P/c1-44(2,3)32-35-53-56(49,50)52-34-20-17-15-13-11-9-7-5-4-6-8-10-12-14-16-18-22-36-24-26-37(27-25-36)42-40(45)23-19-21-33-51-41(46)54-38-28-30-39(31-29-38)55-43(47)48/h24-31H,4-23,32-35H2,1-3H3,(H-,42,45,49,50). The summed E-state index contributed by atoms with van der Waals surface area (Å²) in [6.45, 7) is 1.05. The van der Waals surface area contributed by atoms with Gasteiger partial charge in [0.15, 0.2) is 0 Å². The molecule has 14 nitrogen and oxygen atoms in total. The molecular formula is C41H66N3O11P. The summed E-state index contributed by atoms with van der Waals surface area (Å²) in [5.41, 5.74) is 2.03. The van der Waals surface area contributed by atoms with Gasteiger partial charge in [-0.1, -0.05) is 102 Å². The van der Waals surface area contributed by atoms with Crippen molar-refractivity contribution in [2.24, 2.45) is 0 Å². The number of hydrogen-bond acceptors (Lipinski definition) is 11. The van der Waals surface area contributed by atoms with E-state index in [1.54, 1.807) is 0 Å². The molecule has 2 rings (SSSR count). The molecule has 0 spiro atoms. The maximum absolute atomic E-state index is 12.3. The van der Waals surface area contributed by atoms with E-state index in [1.807, 2.05) is 33.3 Å². The first-order chi connectivity index (χ1) is 26.8. The number of carbonyl (C=O) groups is 2. The number of likely N-dealkylation sites (N-methyl/N-ethyl adjacent to an activating group) is 1. The smallest absolute Gasteiger partial charge is 0.513 e. The molecule has 0 bridgehead atoms. The highest BCUT2D eigenvalue weighted by molar-refractivity contribution is 7.45. The van der Waals surface area contributed by atoms with E-state index in [-0.39, 0.29) is 37.2 Å². The Balaban J connectivity index is 1.34. The average molecular weight is 808 g/mol. The number of carbonyl (C=O) groups excluding carboxylic acids is 2. The molecule has 2 aromatic rings. The van der Waals surface area contributed by atoms with E-state index in [9.17, 15) is 29.2 Å². The van der Waals surface area contributed by atoms with Gasteiger partial charge in [-0.25, -0.2) is 4.79 Å². The number of amides is 1. The minimum absolute atomic E-state index is 0.00508. The third-order valence-corrected chi connectivity index (χ3v) is 10.1. The third kappa shape index (κ3) is 27.1. The van der Waals surface area contributed by atoms with Crippen molar-refractivity contribution in [2.75, 3.05) is 52.8 Å².